The topological polar surface area (TPSA) is 44.8 Å². The van der Waals surface area contributed by atoms with Gasteiger partial charge in [-0.05, 0) is 19.1 Å². The van der Waals surface area contributed by atoms with E-state index in [1.54, 1.807) is 18.2 Å². The van der Waals surface area contributed by atoms with E-state index in [1.165, 1.54) is 13.2 Å². The van der Waals surface area contributed by atoms with E-state index >= 15 is 0 Å². The summed E-state index contributed by atoms with van der Waals surface area (Å²) in [7, 11) is 1.52. The largest absolute Gasteiger partial charge is 0.494 e. The maximum Gasteiger partial charge on any atom is 0.335 e. The summed E-state index contributed by atoms with van der Waals surface area (Å²) >= 11 is 12.1. The van der Waals surface area contributed by atoms with Gasteiger partial charge in [0.25, 0.3) is 0 Å². The Hall–Kier alpha value is -1.23. The zero-order valence-corrected chi connectivity index (χ0v) is 12.6. The molecule has 1 heterocycles. The third-order valence-electron chi connectivity index (χ3n) is 2.89. The molecule has 0 saturated heterocycles. The second-order valence-corrected chi connectivity index (χ2v) is 5.00. The number of halogens is 2. The van der Waals surface area contributed by atoms with E-state index in [-0.39, 0.29) is 0 Å². The first-order valence-electron chi connectivity index (χ1n) is 6.09. The third kappa shape index (κ3) is 3.08. The van der Waals surface area contributed by atoms with Crippen molar-refractivity contribution in [3.8, 4) is 0 Å². The summed E-state index contributed by atoms with van der Waals surface area (Å²) in [5.41, 5.74) is 0.684. The molecule has 0 amide bonds. The highest BCUT2D eigenvalue weighted by molar-refractivity contribution is 6.35. The molecule has 0 saturated carbocycles. The Morgan fingerprint density at radius 1 is 1.40 bits per heavy atom. The van der Waals surface area contributed by atoms with Crippen LogP contribution in [0.1, 0.15) is 18.6 Å². The van der Waals surface area contributed by atoms with Gasteiger partial charge < -0.3 is 14.2 Å². The summed E-state index contributed by atoms with van der Waals surface area (Å²) in [6, 6.07) is 5.06. The Bertz CT molecular complexity index is 542. The summed E-state index contributed by atoms with van der Waals surface area (Å²) in [4.78, 5) is 11.4. The van der Waals surface area contributed by atoms with Crippen molar-refractivity contribution < 1.29 is 19.0 Å². The van der Waals surface area contributed by atoms with Crippen molar-refractivity contribution in [3.05, 3.63) is 45.6 Å². The van der Waals surface area contributed by atoms with Crippen molar-refractivity contribution in [2.24, 2.45) is 0 Å². The van der Waals surface area contributed by atoms with Gasteiger partial charge in [-0.3, -0.25) is 0 Å². The van der Waals surface area contributed by atoms with Gasteiger partial charge in [-0.1, -0.05) is 29.3 Å². The van der Waals surface area contributed by atoms with E-state index in [2.05, 4.69) is 0 Å². The minimum Gasteiger partial charge on any atom is -0.494 e. The lowest BCUT2D eigenvalue weighted by atomic mass is 10.0. The zero-order valence-electron chi connectivity index (χ0n) is 11.1. The molecule has 2 atom stereocenters. The summed E-state index contributed by atoms with van der Waals surface area (Å²) in [6.45, 7) is 2.27. The number of benzene rings is 1. The molecule has 0 radical (unpaired) electrons. The highest BCUT2D eigenvalue weighted by Gasteiger charge is 2.37. The van der Waals surface area contributed by atoms with Crippen LogP contribution >= 0.6 is 23.2 Å². The Morgan fingerprint density at radius 3 is 2.75 bits per heavy atom. The summed E-state index contributed by atoms with van der Waals surface area (Å²) in [6.07, 6.45) is 0.124. The van der Waals surface area contributed by atoms with Crippen LogP contribution < -0.4 is 0 Å². The minimum atomic E-state index is -0.647. The standard InChI is InChI=1S/C14H14Cl2O4/c1-3-19-11-7-12(17)20-14(11)13(18-2)9-5-4-8(15)6-10(9)16/h4-7,13-14H,3H2,1-2H3. The van der Waals surface area contributed by atoms with Gasteiger partial charge in [0.1, 0.15) is 11.9 Å². The fourth-order valence-corrected chi connectivity index (χ4v) is 2.58. The van der Waals surface area contributed by atoms with Gasteiger partial charge in [-0.2, -0.15) is 0 Å². The van der Waals surface area contributed by atoms with Crippen LogP contribution in [0.4, 0.5) is 0 Å². The van der Waals surface area contributed by atoms with E-state index in [4.69, 9.17) is 37.4 Å². The third-order valence-corrected chi connectivity index (χ3v) is 3.46. The van der Waals surface area contributed by atoms with Crippen LogP contribution in [0.25, 0.3) is 0 Å². The van der Waals surface area contributed by atoms with Crippen LogP contribution in [0.3, 0.4) is 0 Å². The van der Waals surface area contributed by atoms with Gasteiger partial charge in [0, 0.05) is 22.7 Å². The van der Waals surface area contributed by atoms with E-state index < -0.39 is 18.2 Å². The molecule has 0 spiro atoms. The number of carbonyl (C=O) groups is 1. The Morgan fingerprint density at radius 2 is 2.15 bits per heavy atom. The molecule has 0 N–H and O–H groups in total. The maximum absolute atomic E-state index is 11.4. The monoisotopic (exact) mass is 316 g/mol. The zero-order chi connectivity index (χ0) is 14.7. The molecule has 2 unspecified atom stereocenters. The first-order valence-corrected chi connectivity index (χ1v) is 6.85. The first kappa shape index (κ1) is 15.2. The number of carbonyl (C=O) groups excluding carboxylic acids is 1. The lowest BCUT2D eigenvalue weighted by Gasteiger charge is -2.24. The fraction of sp³-hybridized carbons (Fsp3) is 0.357. The average Bonchev–Trinajstić information content (AvgIpc) is 2.74. The van der Waals surface area contributed by atoms with Gasteiger partial charge in [-0.25, -0.2) is 4.79 Å². The quantitative estimate of drug-likeness (QED) is 0.779. The van der Waals surface area contributed by atoms with Gasteiger partial charge in [0.2, 0.25) is 0 Å². The lowest BCUT2D eigenvalue weighted by molar-refractivity contribution is -0.145. The molecule has 0 aromatic heterocycles. The smallest absolute Gasteiger partial charge is 0.335 e. The summed E-state index contributed by atoms with van der Waals surface area (Å²) in [5.74, 6) is -0.0130. The normalized spacial score (nSPS) is 19.5. The highest BCUT2D eigenvalue weighted by atomic mass is 35.5. The van der Waals surface area contributed by atoms with Crippen LogP contribution in [0.5, 0.6) is 0 Å². The van der Waals surface area contributed by atoms with Crippen molar-refractivity contribution in [1.82, 2.24) is 0 Å². The number of rotatable bonds is 5. The van der Waals surface area contributed by atoms with Crippen LogP contribution in [0, 0.1) is 0 Å². The Labute approximate surface area is 127 Å². The second-order valence-electron chi connectivity index (χ2n) is 4.16. The maximum atomic E-state index is 11.4. The molecule has 108 valence electrons. The number of hydrogen-bond acceptors (Lipinski definition) is 4. The predicted octanol–water partition coefficient (Wildman–Crippen LogP) is 3.53. The van der Waals surface area contributed by atoms with E-state index in [0.717, 1.165) is 0 Å². The molecule has 2 rings (SSSR count). The van der Waals surface area contributed by atoms with Crippen molar-refractivity contribution in [2.45, 2.75) is 19.1 Å². The molecule has 1 aromatic carbocycles. The van der Waals surface area contributed by atoms with Crippen molar-refractivity contribution in [2.75, 3.05) is 13.7 Å². The summed E-state index contributed by atoms with van der Waals surface area (Å²) in [5, 5.41) is 0.973. The molecule has 0 bridgehead atoms. The number of ether oxygens (including phenoxy) is 3. The van der Waals surface area contributed by atoms with Gasteiger partial charge >= 0.3 is 5.97 Å². The van der Waals surface area contributed by atoms with E-state index in [9.17, 15) is 4.79 Å². The number of esters is 1. The highest BCUT2D eigenvalue weighted by Crippen LogP contribution is 2.36. The minimum absolute atomic E-state index is 0.434. The molecule has 6 heteroatoms. The lowest BCUT2D eigenvalue weighted by Crippen LogP contribution is -2.25. The Balaban J connectivity index is 2.32. The fourth-order valence-electron chi connectivity index (χ4n) is 2.06. The average molecular weight is 317 g/mol. The first-order chi connectivity index (χ1) is 9.56. The molecule has 0 fully saturated rings. The number of methoxy groups -OCH3 is 1. The molecule has 1 aliphatic heterocycles. The van der Waals surface area contributed by atoms with E-state index in [0.29, 0.717) is 28.0 Å². The molecule has 0 aliphatic carbocycles. The van der Waals surface area contributed by atoms with Crippen LogP contribution in [-0.4, -0.2) is 25.8 Å². The number of hydrogen-bond donors (Lipinski definition) is 0. The molecule has 4 nitrogen and oxygen atoms in total. The Kier molecular flexibility index (Phi) is 4.91. The van der Waals surface area contributed by atoms with Crippen LogP contribution in [-0.2, 0) is 19.0 Å². The molecular weight excluding hydrogens is 303 g/mol. The van der Waals surface area contributed by atoms with Gasteiger partial charge in [-0.15, -0.1) is 0 Å². The predicted molar refractivity (Wildman–Crippen MR) is 75.8 cm³/mol. The SMILES string of the molecule is CCOC1=CC(=O)OC1C(OC)c1ccc(Cl)cc1Cl. The van der Waals surface area contributed by atoms with Crippen LogP contribution in [0.15, 0.2) is 30.0 Å². The number of cyclic esters (lactones) is 1. The van der Waals surface area contributed by atoms with Gasteiger partial charge in [0.05, 0.1) is 12.7 Å². The summed E-state index contributed by atoms with van der Waals surface area (Å²) < 4.78 is 16.1. The van der Waals surface area contributed by atoms with Crippen molar-refractivity contribution >= 4 is 29.2 Å². The molecular formula is C14H14Cl2O4. The van der Waals surface area contributed by atoms with Crippen molar-refractivity contribution in [3.63, 3.8) is 0 Å². The van der Waals surface area contributed by atoms with Crippen molar-refractivity contribution in [1.29, 1.82) is 0 Å². The van der Waals surface area contributed by atoms with E-state index in [1.807, 2.05) is 6.92 Å². The molecule has 20 heavy (non-hydrogen) atoms. The second kappa shape index (κ2) is 6.48. The van der Waals surface area contributed by atoms with Gasteiger partial charge in [0.15, 0.2) is 6.10 Å². The molecule has 1 aromatic rings. The molecule has 1 aliphatic rings. The van der Waals surface area contributed by atoms with Crippen LogP contribution in [0.2, 0.25) is 10.0 Å².